The number of non-ortho nitro benzene ring substituents is 1. The maximum Gasteiger partial charge on any atom is 0.275 e. The minimum absolute atomic E-state index is 0.200. The molecule has 0 bridgehead atoms. The molecule has 0 aliphatic rings. The minimum Gasteiger partial charge on any atom is -0.457 e. The molecule has 0 spiro atoms. The molecule has 1 heterocycles. The van der Waals surface area contributed by atoms with E-state index in [1.54, 1.807) is 25.1 Å². The van der Waals surface area contributed by atoms with Crippen molar-refractivity contribution in [2.45, 2.75) is 19.9 Å². The third-order valence-corrected chi connectivity index (χ3v) is 4.70. The van der Waals surface area contributed by atoms with Gasteiger partial charge in [0.2, 0.25) is 5.91 Å². The highest BCUT2D eigenvalue weighted by Gasteiger charge is 2.18. The molecule has 0 saturated carbocycles. The molecule has 3 rings (SSSR count). The number of benzene rings is 2. The number of carbonyl (C=O) groups excluding carboxylic acids is 1. The lowest BCUT2D eigenvalue weighted by Gasteiger charge is -2.14. The molecule has 0 aliphatic heterocycles. The number of hydrogen-bond donors (Lipinski definition) is 1. The Labute approximate surface area is 176 Å². The third kappa shape index (κ3) is 5.04. The van der Waals surface area contributed by atoms with E-state index in [2.05, 4.69) is 10.4 Å². The molecular formula is C19H16Cl2N4O4. The standard InChI is InChI=1S/C19H16Cl2N4O4/c1-11-5-16(3-4-18(11)21)29-17-7-14(6-15(8-17)25(27)28)23-19(26)12(2)24-10-13(20)9-22-24/h3-10,12H,1-2H3,(H,23,26). The molecule has 8 nitrogen and oxygen atoms in total. The molecular weight excluding hydrogens is 419 g/mol. The number of hydrogen-bond acceptors (Lipinski definition) is 5. The van der Waals surface area contributed by atoms with Crippen LogP contribution in [0, 0.1) is 17.0 Å². The largest absolute Gasteiger partial charge is 0.457 e. The Morgan fingerprint density at radius 1 is 1.24 bits per heavy atom. The zero-order valence-corrected chi connectivity index (χ0v) is 16.9. The summed E-state index contributed by atoms with van der Waals surface area (Å²) in [5, 5.41) is 18.9. The number of nitro benzene ring substituents is 1. The van der Waals surface area contributed by atoms with Crippen molar-refractivity contribution in [1.29, 1.82) is 0 Å². The van der Waals surface area contributed by atoms with E-state index < -0.39 is 16.9 Å². The van der Waals surface area contributed by atoms with E-state index in [-0.39, 0.29) is 17.1 Å². The van der Waals surface area contributed by atoms with Crippen molar-refractivity contribution >= 4 is 40.5 Å². The first kappa shape index (κ1) is 20.6. The first-order chi connectivity index (χ1) is 13.7. The molecule has 0 fully saturated rings. The summed E-state index contributed by atoms with van der Waals surface area (Å²) in [6.45, 7) is 3.45. The van der Waals surface area contributed by atoms with Gasteiger partial charge in [-0.3, -0.25) is 19.6 Å². The monoisotopic (exact) mass is 434 g/mol. The zero-order chi connectivity index (χ0) is 21.1. The van der Waals surface area contributed by atoms with Gasteiger partial charge in [-0.15, -0.1) is 0 Å². The smallest absolute Gasteiger partial charge is 0.275 e. The number of rotatable bonds is 6. The lowest BCUT2D eigenvalue weighted by molar-refractivity contribution is -0.384. The van der Waals surface area contributed by atoms with Gasteiger partial charge in [-0.1, -0.05) is 23.2 Å². The van der Waals surface area contributed by atoms with Crippen LogP contribution in [0.2, 0.25) is 10.0 Å². The summed E-state index contributed by atoms with van der Waals surface area (Å²) >= 11 is 11.8. The average molecular weight is 435 g/mol. The van der Waals surface area contributed by atoms with Crippen LogP contribution >= 0.6 is 23.2 Å². The predicted octanol–water partition coefficient (Wildman–Crippen LogP) is 5.40. The molecule has 1 atom stereocenters. The van der Waals surface area contributed by atoms with E-state index in [4.69, 9.17) is 27.9 Å². The fourth-order valence-electron chi connectivity index (χ4n) is 2.53. The Morgan fingerprint density at radius 2 is 2.00 bits per heavy atom. The summed E-state index contributed by atoms with van der Waals surface area (Å²) in [4.78, 5) is 23.2. The third-order valence-electron chi connectivity index (χ3n) is 4.08. The normalized spacial score (nSPS) is 11.7. The first-order valence-electron chi connectivity index (χ1n) is 8.47. The van der Waals surface area contributed by atoms with Gasteiger partial charge in [-0.2, -0.15) is 5.10 Å². The van der Waals surface area contributed by atoms with E-state index in [9.17, 15) is 14.9 Å². The van der Waals surface area contributed by atoms with Crippen molar-refractivity contribution in [3.8, 4) is 11.5 Å². The second-order valence-electron chi connectivity index (χ2n) is 6.29. The molecule has 1 aromatic heterocycles. The Bertz CT molecular complexity index is 1080. The van der Waals surface area contributed by atoms with Crippen molar-refractivity contribution in [2.24, 2.45) is 0 Å². The van der Waals surface area contributed by atoms with Crippen LogP contribution in [0.1, 0.15) is 18.5 Å². The van der Waals surface area contributed by atoms with Gasteiger partial charge in [0.15, 0.2) is 0 Å². The van der Waals surface area contributed by atoms with E-state index in [1.165, 1.54) is 35.3 Å². The molecule has 1 N–H and O–H groups in total. The summed E-state index contributed by atoms with van der Waals surface area (Å²) in [6, 6.07) is 8.38. The number of aryl methyl sites for hydroxylation is 1. The maximum atomic E-state index is 12.5. The highest BCUT2D eigenvalue weighted by atomic mass is 35.5. The Hall–Kier alpha value is -3.10. The molecule has 0 radical (unpaired) electrons. The van der Waals surface area contributed by atoms with Gasteiger partial charge in [-0.05, 0) is 37.6 Å². The fraction of sp³-hybridized carbons (Fsp3) is 0.158. The molecule has 0 saturated heterocycles. The van der Waals surface area contributed by atoms with Crippen molar-refractivity contribution in [2.75, 3.05) is 5.32 Å². The van der Waals surface area contributed by atoms with Crippen molar-refractivity contribution < 1.29 is 14.5 Å². The molecule has 29 heavy (non-hydrogen) atoms. The average Bonchev–Trinajstić information content (AvgIpc) is 3.10. The number of nitro groups is 1. The van der Waals surface area contributed by atoms with Crippen LogP contribution in [0.4, 0.5) is 11.4 Å². The second-order valence-corrected chi connectivity index (χ2v) is 7.13. The second kappa shape index (κ2) is 8.50. The van der Waals surface area contributed by atoms with Crippen molar-refractivity contribution in [1.82, 2.24) is 9.78 Å². The maximum absolute atomic E-state index is 12.5. The summed E-state index contributed by atoms with van der Waals surface area (Å²) < 4.78 is 7.12. The number of halogens is 2. The summed E-state index contributed by atoms with van der Waals surface area (Å²) in [5.41, 5.74) is 0.795. The number of ether oxygens (including phenoxy) is 1. The molecule has 1 amide bonds. The lowest BCUT2D eigenvalue weighted by atomic mass is 10.2. The van der Waals surface area contributed by atoms with Crippen LogP contribution in [0.25, 0.3) is 0 Å². The highest BCUT2D eigenvalue weighted by Crippen LogP contribution is 2.31. The Morgan fingerprint density at radius 3 is 2.62 bits per heavy atom. The minimum atomic E-state index is -0.676. The predicted molar refractivity (Wildman–Crippen MR) is 110 cm³/mol. The summed E-state index contributed by atoms with van der Waals surface area (Å²) in [6.07, 6.45) is 2.93. The fourth-order valence-corrected chi connectivity index (χ4v) is 2.79. The van der Waals surface area contributed by atoms with Gasteiger partial charge in [0, 0.05) is 23.4 Å². The van der Waals surface area contributed by atoms with Gasteiger partial charge in [0.05, 0.1) is 27.9 Å². The van der Waals surface area contributed by atoms with Crippen LogP contribution < -0.4 is 10.1 Å². The van der Waals surface area contributed by atoms with Crippen molar-refractivity contribution in [3.63, 3.8) is 0 Å². The van der Waals surface area contributed by atoms with Crippen LogP contribution in [0.3, 0.4) is 0 Å². The topological polar surface area (TPSA) is 99.3 Å². The van der Waals surface area contributed by atoms with Crippen LogP contribution in [-0.4, -0.2) is 20.6 Å². The lowest BCUT2D eigenvalue weighted by Crippen LogP contribution is -2.24. The van der Waals surface area contributed by atoms with Gasteiger partial charge >= 0.3 is 0 Å². The Balaban J connectivity index is 1.85. The van der Waals surface area contributed by atoms with Gasteiger partial charge in [-0.25, -0.2) is 0 Å². The number of anilines is 1. The molecule has 3 aromatic rings. The number of amides is 1. The molecule has 1 unspecified atom stereocenters. The zero-order valence-electron chi connectivity index (χ0n) is 15.4. The molecule has 150 valence electrons. The SMILES string of the molecule is Cc1cc(Oc2cc(NC(=O)C(C)n3cc(Cl)cn3)cc([N+](=O)[O-])c2)ccc1Cl. The van der Waals surface area contributed by atoms with Gasteiger partial charge in [0.1, 0.15) is 17.5 Å². The number of aromatic nitrogens is 2. The van der Waals surface area contributed by atoms with Gasteiger partial charge < -0.3 is 10.1 Å². The van der Waals surface area contributed by atoms with E-state index >= 15 is 0 Å². The summed E-state index contributed by atoms with van der Waals surface area (Å²) in [5.74, 6) is 0.244. The number of carbonyl (C=O) groups is 1. The van der Waals surface area contributed by atoms with Crippen LogP contribution in [0.5, 0.6) is 11.5 Å². The van der Waals surface area contributed by atoms with Gasteiger partial charge in [0.25, 0.3) is 5.69 Å². The summed E-state index contributed by atoms with van der Waals surface area (Å²) in [7, 11) is 0. The molecule has 10 heteroatoms. The highest BCUT2D eigenvalue weighted by molar-refractivity contribution is 6.31. The number of nitrogens with zero attached hydrogens (tertiary/aromatic N) is 3. The molecule has 2 aromatic carbocycles. The molecule has 0 aliphatic carbocycles. The quantitative estimate of drug-likeness (QED) is 0.413. The van der Waals surface area contributed by atoms with E-state index in [0.29, 0.717) is 15.8 Å². The Kier molecular flexibility index (Phi) is 6.05. The van der Waals surface area contributed by atoms with Crippen molar-refractivity contribution in [3.05, 3.63) is 74.5 Å². The van der Waals surface area contributed by atoms with E-state index in [0.717, 1.165) is 5.56 Å². The van der Waals surface area contributed by atoms with Crippen LogP contribution in [-0.2, 0) is 4.79 Å². The number of nitrogens with one attached hydrogen (secondary N) is 1. The first-order valence-corrected chi connectivity index (χ1v) is 9.22. The van der Waals surface area contributed by atoms with E-state index in [1.807, 2.05) is 6.92 Å². The van der Waals surface area contributed by atoms with Crippen LogP contribution in [0.15, 0.2) is 48.8 Å².